The topological polar surface area (TPSA) is 67.3 Å². The molecule has 1 aromatic carbocycles. The van der Waals surface area contributed by atoms with Crippen molar-refractivity contribution in [3.8, 4) is 16.3 Å². The number of anilines is 1. The van der Waals surface area contributed by atoms with Gasteiger partial charge < -0.3 is 10.1 Å². The molecule has 1 aliphatic heterocycles. The molecule has 4 rings (SSSR count). The lowest BCUT2D eigenvalue weighted by Crippen LogP contribution is -2.29. The van der Waals surface area contributed by atoms with Crippen LogP contribution in [0.4, 0.5) is 5.13 Å². The zero-order chi connectivity index (χ0) is 20.8. The molecule has 0 radical (unpaired) electrons. The second kappa shape index (κ2) is 10.1. The van der Waals surface area contributed by atoms with Gasteiger partial charge in [0.25, 0.3) is 0 Å². The average Bonchev–Trinajstić information content (AvgIpc) is 3.39. The molecule has 158 valence electrons. The minimum atomic E-state index is -0.0937. The molecule has 1 fully saturated rings. The number of rotatable bonds is 8. The number of nitrogens with zero attached hydrogens (tertiary/aromatic N) is 3. The molecular formula is C22H26N4O2S2. The smallest absolute Gasteiger partial charge is 0.232 e. The first-order chi connectivity index (χ1) is 14.7. The van der Waals surface area contributed by atoms with Crippen LogP contribution >= 0.6 is 22.7 Å². The quantitative estimate of drug-likeness (QED) is 0.541. The van der Waals surface area contributed by atoms with Crippen LogP contribution in [0.3, 0.4) is 0 Å². The Morgan fingerprint density at radius 3 is 2.73 bits per heavy atom. The summed E-state index contributed by atoms with van der Waals surface area (Å²) in [4.78, 5) is 24.1. The number of hydrogen-bond acceptors (Lipinski definition) is 7. The Kier molecular flexibility index (Phi) is 7.09. The molecule has 1 saturated heterocycles. The van der Waals surface area contributed by atoms with Crippen molar-refractivity contribution in [3.63, 3.8) is 0 Å². The summed E-state index contributed by atoms with van der Waals surface area (Å²) in [5.41, 5.74) is 2.74. The number of thiazole rings is 2. The van der Waals surface area contributed by atoms with Crippen LogP contribution in [0.1, 0.15) is 37.6 Å². The molecule has 2 aromatic heterocycles. The number of aromatic nitrogens is 2. The maximum absolute atomic E-state index is 12.5. The first-order valence-electron chi connectivity index (χ1n) is 10.3. The van der Waals surface area contributed by atoms with Crippen LogP contribution < -0.4 is 10.1 Å². The number of benzene rings is 1. The highest BCUT2D eigenvalue weighted by Gasteiger charge is 2.15. The fraction of sp³-hybridized carbons (Fsp3) is 0.409. The Morgan fingerprint density at radius 1 is 1.10 bits per heavy atom. The van der Waals surface area contributed by atoms with Crippen molar-refractivity contribution in [3.05, 3.63) is 46.4 Å². The van der Waals surface area contributed by atoms with E-state index in [0.717, 1.165) is 47.3 Å². The van der Waals surface area contributed by atoms with E-state index in [9.17, 15) is 4.79 Å². The Morgan fingerprint density at radius 2 is 1.90 bits per heavy atom. The fourth-order valence-corrected chi connectivity index (χ4v) is 5.12. The summed E-state index contributed by atoms with van der Waals surface area (Å²) >= 11 is 3.01. The standard InChI is InChI=1S/C22H26N4O2S2/c1-2-28-19-9-5-4-8-18(19)21-23-16(14-29-21)12-20(27)25-22-24-17(15-30-22)13-26-10-6-3-7-11-26/h4-5,8-9,14-15H,2-3,6-7,10-13H2,1H3,(H,24,25,27). The maximum Gasteiger partial charge on any atom is 0.232 e. The lowest BCUT2D eigenvalue weighted by Gasteiger charge is -2.25. The second-order valence-electron chi connectivity index (χ2n) is 7.28. The Bertz CT molecular complexity index is 979. The molecule has 6 nitrogen and oxygen atoms in total. The summed E-state index contributed by atoms with van der Waals surface area (Å²) in [5.74, 6) is 0.721. The molecule has 8 heteroatoms. The van der Waals surface area contributed by atoms with Crippen LogP contribution in [0.5, 0.6) is 5.75 Å². The molecule has 0 unspecified atom stereocenters. The molecule has 30 heavy (non-hydrogen) atoms. The maximum atomic E-state index is 12.5. The van der Waals surface area contributed by atoms with E-state index in [1.165, 1.54) is 41.9 Å². The van der Waals surface area contributed by atoms with Crippen LogP contribution in [0, 0.1) is 0 Å². The number of likely N-dealkylation sites (tertiary alicyclic amines) is 1. The first kappa shape index (κ1) is 21.0. The number of nitrogens with one attached hydrogen (secondary N) is 1. The molecule has 0 spiro atoms. The highest BCUT2D eigenvalue weighted by molar-refractivity contribution is 7.14. The predicted molar refractivity (Wildman–Crippen MR) is 122 cm³/mol. The minimum Gasteiger partial charge on any atom is -0.493 e. The van der Waals surface area contributed by atoms with Crippen molar-refractivity contribution in [2.75, 3.05) is 25.0 Å². The predicted octanol–water partition coefficient (Wildman–Crippen LogP) is 4.83. The van der Waals surface area contributed by atoms with E-state index in [2.05, 4.69) is 20.2 Å². The van der Waals surface area contributed by atoms with Crippen molar-refractivity contribution in [2.45, 2.75) is 39.2 Å². The number of para-hydroxylation sites is 1. The highest BCUT2D eigenvalue weighted by Crippen LogP contribution is 2.32. The lowest BCUT2D eigenvalue weighted by atomic mass is 10.1. The number of carbonyl (C=O) groups is 1. The van der Waals surface area contributed by atoms with Gasteiger partial charge in [-0.1, -0.05) is 18.6 Å². The normalized spacial score (nSPS) is 14.6. The van der Waals surface area contributed by atoms with Crippen molar-refractivity contribution in [2.24, 2.45) is 0 Å². The molecular weight excluding hydrogens is 416 g/mol. The van der Waals surface area contributed by atoms with Crippen LogP contribution in [-0.4, -0.2) is 40.5 Å². The fourth-order valence-electron chi connectivity index (χ4n) is 3.55. The number of amides is 1. The molecule has 1 amide bonds. The Balaban J connectivity index is 1.34. The summed E-state index contributed by atoms with van der Waals surface area (Å²) < 4.78 is 5.69. The molecule has 0 atom stereocenters. The third-order valence-corrected chi connectivity index (χ3v) is 6.67. The van der Waals surface area contributed by atoms with E-state index in [-0.39, 0.29) is 12.3 Å². The third kappa shape index (κ3) is 5.44. The van der Waals surface area contributed by atoms with Gasteiger partial charge in [-0.25, -0.2) is 9.97 Å². The molecule has 1 aliphatic rings. The van der Waals surface area contributed by atoms with Crippen LogP contribution in [0.25, 0.3) is 10.6 Å². The first-order valence-corrected chi connectivity index (χ1v) is 12.1. The van der Waals surface area contributed by atoms with E-state index in [4.69, 9.17) is 4.74 Å². The summed E-state index contributed by atoms with van der Waals surface area (Å²) in [7, 11) is 0. The molecule has 0 aliphatic carbocycles. The van der Waals surface area contributed by atoms with Gasteiger partial charge in [-0.15, -0.1) is 22.7 Å². The van der Waals surface area contributed by atoms with Gasteiger partial charge in [0.15, 0.2) is 5.13 Å². The molecule has 0 bridgehead atoms. The average molecular weight is 443 g/mol. The Hall–Kier alpha value is -2.29. The van der Waals surface area contributed by atoms with Gasteiger partial charge in [-0.2, -0.15) is 0 Å². The summed E-state index contributed by atoms with van der Waals surface area (Å²) in [5, 5.41) is 8.41. The highest BCUT2D eigenvalue weighted by atomic mass is 32.1. The second-order valence-corrected chi connectivity index (χ2v) is 9.00. The summed E-state index contributed by atoms with van der Waals surface area (Å²) in [6.07, 6.45) is 4.08. The number of ether oxygens (including phenoxy) is 1. The number of hydrogen-bond donors (Lipinski definition) is 1. The van der Waals surface area contributed by atoms with E-state index >= 15 is 0 Å². The minimum absolute atomic E-state index is 0.0937. The van der Waals surface area contributed by atoms with Crippen molar-refractivity contribution < 1.29 is 9.53 Å². The monoisotopic (exact) mass is 442 g/mol. The van der Waals surface area contributed by atoms with Gasteiger partial charge in [-0.05, 0) is 45.0 Å². The SMILES string of the molecule is CCOc1ccccc1-c1nc(CC(=O)Nc2nc(CN3CCCCC3)cs2)cs1. The van der Waals surface area contributed by atoms with Crippen LogP contribution in [0.2, 0.25) is 0 Å². The summed E-state index contributed by atoms with van der Waals surface area (Å²) in [6, 6.07) is 7.85. The van der Waals surface area contributed by atoms with Crippen LogP contribution in [0.15, 0.2) is 35.0 Å². The molecule has 3 heterocycles. The van der Waals surface area contributed by atoms with Crippen molar-refractivity contribution in [1.29, 1.82) is 0 Å². The van der Waals surface area contributed by atoms with Gasteiger partial charge >= 0.3 is 0 Å². The van der Waals surface area contributed by atoms with Gasteiger partial charge in [0.1, 0.15) is 10.8 Å². The van der Waals surface area contributed by atoms with E-state index in [0.29, 0.717) is 11.7 Å². The van der Waals surface area contributed by atoms with Crippen molar-refractivity contribution >= 4 is 33.7 Å². The van der Waals surface area contributed by atoms with E-state index in [1.807, 2.05) is 41.9 Å². The number of carbonyl (C=O) groups excluding carboxylic acids is 1. The zero-order valence-corrected chi connectivity index (χ0v) is 18.7. The van der Waals surface area contributed by atoms with Gasteiger partial charge in [0.05, 0.1) is 30.0 Å². The van der Waals surface area contributed by atoms with Crippen molar-refractivity contribution in [1.82, 2.24) is 14.9 Å². The van der Waals surface area contributed by atoms with Crippen LogP contribution in [-0.2, 0) is 17.8 Å². The van der Waals surface area contributed by atoms with Gasteiger partial charge in [0.2, 0.25) is 5.91 Å². The third-order valence-electron chi connectivity index (χ3n) is 4.94. The lowest BCUT2D eigenvalue weighted by molar-refractivity contribution is -0.115. The largest absolute Gasteiger partial charge is 0.493 e. The molecule has 3 aromatic rings. The summed E-state index contributed by atoms with van der Waals surface area (Å²) in [6.45, 7) is 5.70. The zero-order valence-electron chi connectivity index (χ0n) is 17.1. The van der Waals surface area contributed by atoms with E-state index < -0.39 is 0 Å². The van der Waals surface area contributed by atoms with Gasteiger partial charge in [-0.3, -0.25) is 9.69 Å². The number of piperidine rings is 1. The van der Waals surface area contributed by atoms with Gasteiger partial charge in [0, 0.05) is 17.3 Å². The molecule has 0 saturated carbocycles. The Labute approximate surface area is 184 Å². The van der Waals surface area contributed by atoms with E-state index in [1.54, 1.807) is 0 Å². The molecule has 1 N–H and O–H groups in total.